The molecule has 0 amide bonds. The molecule has 116 valence electrons. The molecule has 5 rings (SSSR count). The van der Waals surface area contributed by atoms with Crippen LogP contribution >= 0.6 is 0 Å². The Labute approximate surface area is 135 Å². The van der Waals surface area contributed by atoms with E-state index in [9.17, 15) is 0 Å². The molecule has 2 atom stereocenters. The van der Waals surface area contributed by atoms with Gasteiger partial charge in [0.1, 0.15) is 17.3 Å². The summed E-state index contributed by atoms with van der Waals surface area (Å²) in [5, 5.41) is 0. The second-order valence-corrected chi connectivity index (χ2v) is 6.75. The Kier molecular flexibility index (Phi) is 2.62. The van der Waals surface area contributed by atoms with Crippen molar-refractivity contribution in [2.24, 2.45) is 4.99 Å². The van der Waals surface area contributed by atoms with Gasteiger partial charge < -0.3 is 14.4 Å². The second-order valence-electron chi connectivity index (χ2n) is 6.75. The molecule has 0 saturated carbocycles. The molecular weight excluding hydrogens is 288 g/mol. The highest BCUT2D eigenvalue weighted by molar-refractivity contribution is 6.04. The van der Waals surface area contributed by atoms with Crippen LogP contribution in [0.5, 0.6) is 11.5 Å². The van der Waals surface area contributed by atoms with Crippen molar-refractivity contribution < 1.29 is 9.47 Å². The molecule has 4 nitrogen and oxygen atoms in total. The maximum Gasteiger partial charge on any atom is 0.153 e. The molecule has 2 fully saturated rings. The zero-order valence-corrected chi connectivity index (χ0v) is 13.0. The van der Waals surface area contributed by atoms with E-state index in [2.05, 4.69) is 17.9 Å². The SMILES string of the molecule is CC12CC(CO1)N(C1=Nc3ccccc3Oc3ccccc31)C2. The summed E-state index contributed by atoms with van der Waals surface area (Å²) in [4.78, 5) is 7.37. The Morgan fingerprint density at radius 2 is 1.87 bits per heavy atom. The Bertz CT molecular complexity index is 817. The van der Waals surface area contributed by atoms with E-state index in [0.717, 1.165) is 48.2 Å². The molecule has 0 aliphatic carbocycles. The van der Waals surface area contributed by atoms with E-state index in [1.807, 2.05) is 42.5 Å². The van der Waals surface area contributed by atoms with Gasteiger partial charge in [0.05, 0.1) is 23.8 Å². The van der Waals surface area contributed by atoms with Gasteiger partial charge in [-0.05, 0) is 31.2 Å². The number of likely N-dealkylation sites (tertiary alicyclic amines) is 1. The summed E-state index contributed by atoms with van der Waals surface area (Å²) in [6, 6.07) is 16.5. The Hall–Kier alpha value is -2.33. The molecule has 3 aliphatic heterocycles. The highest BCUT2D eigenvalue weighted by Gasteiger charge is 2.49. The first kappa shape index (κ1) is 13.1. The number of rotatable bonds is 0. The lowest BCUT2D eigenvalue weighted by Gasteiger charge is -2.33. The van der Waals surface area contributed by atoms with E-state index in [-0.39, 0.29) is 5.60 Å². The zero-order valence-electron chi connectivity index (χ0n) is 13.0. The van der Waals surface area contributed by atoms with Gasteiger partial charge >= 0.3 is 0 Å². The number of para-hydroxylation sites is 3. The van der Waals surface area contributed by atoms with E-state index in [1.54, 1.807) is 0 Å². The zero-order chi connectivity index (χ0) is 15.4. The van der Waals surface area contributed by atoms with Gasteiger partial charge in [-0.3, -0.25) is 0 Å². The molecule has 2 saturated heterocycles. The smallest absolute Gasteiger partial charge is 0.153 e. The van der Waals surface area contributed by atoms with Gasteiger partial charge in [0, 0.05) is 13.0 Å². The average molecular weight is 306 g/mol. The normalized spacial score (nSPS) is 27.8. The molecule has 3 aliphatic rings. The monoisotopic (exact) mass is 306 g/mol. The van der Waals surface area contributed by atoms with Crippen LogP contribution in [0.15, 0.2) is 53.5 Å². The second kappa shape index (κ2) is 4.59. The van der Waals surface area contributed by atoms with Crippen molar-refractivity contribution in [1.82, 2.24) is 4.90 Å². The molecule has 3 heterocycles. The highest BCUT2D eigenvalue weighted by Crippen LogP contribution is 2.42. The molecule has 0 spiro atoms. The van der Waals surface area contributed by atoms with E-state index in [1.165, 1.54) is 0 Å². The summed E-state index contributed by atoms with van der Waals surface area (Å²) in [5.41, 5.74) is 1.89. The number of ether oxygens (including phenoxy) is 2. The van der Waals surface area contributed by atoms with Crippen LogP contribution in [0.4, 0.5) is 5.69 Å². The van der Waals surface area contributed by atoms with Crippen molar-refractivity contribution in [3.63, 3.8) is 0 Å². The molecular formula is C19H18N2O2. The number of benzene rings is 2. The first-order valence-corrected chi connectivity index (χ1v) is 8.07. The van der Waals surface area contributed by atoms with E-state index < -0.39 is 0 Å². The topological polar surface area (TPSA) is 34.1 Å². The molecule has 0 aromatic heterocycles. The van der Waals surface area contributed by atoms with Crippen LogP contribution in [0, 0.1) is 0 Å². The third kappa shape index (κ3) is 1.98. The quantitative estimate of drug-likeness (QED) is 0.743. The van der Waals surface area contributed by atoms with Gasteiger partial charge in [0.25, 0.3) is 0 Å². The maximum absolute atomic E-state index is 6.12. The number of nitrogens with zero attached hydrogens (tertiary/aromatic N) is 2. The molecule has 2 unspecified atom stereocenters. The molecule has 23 heavy (non-hydrogen) atoms. The summed E-state index contributed by atoms with van der Waals surface area (Å²) in [6.07, 6.45) is 1.07. The van der Waals surface area contributed by atoms with Crippen molar-refractivity contribution in [1.29, 1.82) is 0 Å². The first-order valence-electron chi connectivity index (χ1n) is 8.07. The number of morpholine rings is 1. The summed E-state index contributed by atoms with van der Waals surface area (Å²) in [6.45, 7) is 3.85. The van der Waals surface area contributed by atoms with Crippen LogP contribution in [0.2, 0.25) is 0 Å². The fourth-order valence-corrected chi connectivity index (χ4v) is 3.85. The number of hydrogen-bond acceptors (Lipinski definition) is 4. The molecule has 2 aromatic carbocycles. The average Bonchev–Trinajstić information content (AvgIpc) is 3.04. The van der Waals surface area contributed by atoms with E-state index in [0.29, 0.717) is 6.04 Å². The van der Waals surface area contributed by atoms with Gasteiger partial charge in [-0.25, -0.2) is 4.99 Å². The van der Waals surface area contributed by atoms with Crippen LogP contribution in [-0.2, 0) is 4.74 Å². The van der Waals surface area contributed by atoms with Crippen molar-refractivity contribution >= 4 is 11.5 Å². The lowest BCUT2D eigenvalue weighted by atomic mass is 10.1. The van der Waals surface area contributed by atoms with Gasteiger partial charge in [-0.15, -0.1) is 0 Å². The van der Waals surface area contributed by atoms with Crippen LogP contribution in [0.25, 0.3) is 0 Å². The van der Waals surface area contributed by atoms with Crippen LogP contribution in [-0.4, -0.2) is 35.5 Å². The first-order chi connectivity index (χ1) is 11.2. The summed E-state index contributed by atoms with van der Waals surface area (Å²) in [5.74, 6) is 2.68. The maximum atomic E-state index is 6.12. The summed E-state index contributed by atoms with van der Waals surface area (Å²) < 4.78 is 12.0. The Morgan fingerprint density at radius 3 is 2.65 bits per heavy atom. The van der Waals surface area contributed by atoms with Crippen molar-refractivity contribution in [2.75, 3.05) is 13.2 Å². The van der Waals surface area contributed by atoms with Crippen molar-refractivity contribution in [3.05, 3.63) is 54.1 Å². The van der Waals surface area contributed by atoms with Crippen molar-refractivity contribution in [3.8, 4) is 11.5 Å². The van der Waals surface area contributed by atoms with Crippen LogP contribution in [0.1, 0.15) is 18.9 Å². The minimum absolute atomic E-state index is 0.0468. The fraction of sp³-hybridized carbons (Fsp3) is 0.316. The van der Waals surface area contributed by atoms with E-state index in [4.69, 9.17) is 14.5 Å². The Morgan fingerprint density at radius 1 is 1.09 bits per heavy atom. The number of hydrogen-bond donors (Lipinski definition) is 0. The highest BCUT2D eigenvalue weighted by atomic mass is 16.5. The lowest BCUT2D eigenvalue weighted by molar-refractivity contribution is -0.0149. The number of amidine groups is 1. The molecule has 0 N–H and O–H groups in total. The standard InChI is InChI=1S/C19H18N2O2/c1-19-10-13(11-22-19)21(12-19)18-14-6-2-4-8-16(14)23-17-9-5-3-7-15(17)20-18/h2-9,13H,10-12H2,1H3. The van der Waals surface area contributed by atoms with Gasteiger partial charge in [-0.1, -0.05) is 24.3 Å². The Balaban J connectivity index is 1.68. The lowest BCUT2D eigenvalue weighted by Crippen LogP contribution is -2.44. The largest absolute Gasteiger partial charge is 0.454 e. The van der Waals surface area contributed by atoms with Crippen LogP contribution in [0.3, 0.4) is 0 Å². The molecule has 0 radical (unpaired) electrons. The van der Waals surface area contributed by atoms with E-state index >= 15 is 0 Å². The number of fused-ring (bicyclic) bond motifs is 4. The third-order valence-electron chi connectivity index (χ3n) is 4.95. The van der Waals surface area contributed by atoms with Crippen molar-refractivity contribution in [2.45, 2.75) is 25.0 Å². The van der Waals surface area contributed by atoms with Gasteiger partial charge in [0.2, 0.25) is 0 Å². The third-order valence-corrected chi connectivity index (χ3v) is 4.95. The number of aliphatic imine (C=N–C) groups is 1. The molecule has 4 heteroatoms. The molecule has 2 bridgehead atoms. The summed E-state index contributed by atoms with van der Waals surface area (Å²) in [7, 11) is 0. The predicted molar refractivity (Wildman–Crippen MR) is 88.6 cm³/mol. The molecule has 2 aromatic rings. The summed E-state index contributed by atoms with van der Waals surface area (Å²) >= 11 is 0. The van der Waals surface area contributed by atoms with Gasteiger partial charge in [-0.2, -0.15) is 0 Å². The minimum Gasteiger partial charge on any atom is -0.454 e. The van der Waals surface area contributed by atoms with Gasteiger partial charge in [0.15, 0.2) is 5.75 Å². The van der Waals surface area contributed by atoms with Crippen LogP contribution < -0.4 is 4.74 Å². The minimum atomic E-state index is -0.0468. The fourth-order valence-electron chi connectivity index (χ4n) is 3.85. The predicted octanol–water partition coefficient (Wildman–Crippen LogP) is 3.73.